The number of thiazole rings is 1. The third-order valence-corrected chi connectivity index (χ3v) is 5.76. The molecule has 134 valence electrons. The number of amides is 1. The fourth-order valence-electron chi connectivity index (χ4n) is 3.60. The Morgan fingerprint density at radius 1 is 1.08 bits per heavy atom. The number of hydrogen-bond donors (Lipinski definition) is 0. The van der Waals surface area contributed by atoms with Gasteiger partial charge in [-0.25, -0.2) is 4.98 Å². The maximum absolute atomic E-state index is 13.1. The summed E-state index contributed by atoms with van der Waals surface area (Å²) in [6, 6.07) is 12.2. The summed E-state index contributed by atoms with van der Waals surface area (Å²) in [5.41, 5.74) is 3.98. The van der Waals surface area contributed by atoms with Crippen LogP contribution in [0.2, 0.25) is 0 Å². The van der Waals surface area contributed by atoms with Gasteiger partial charge in [-0.15, -0.1) is 11.3 Å². The molecule has 6 heteroatoms. The summed E-state index contributed by atoms with van der Waals surface area (Å²) in [7, 11) is 0. The van der Waals surface area contributed by atoms with Crippen LogP contribution in [-0.4, -0.2) is 46.5 Å². The van der Waals surface area contributed by atoms with Crippen molar-refractivity contribution in [3.8, 4) is 5.69 Å². The molecule has 0 radical (unpaired) electrons. The molecule has 0 unspecified atom stereocenters. The highest BCUT2D eigenvalue weighted by Gasteiger charge is 2.26. The van der Waals surface area contributed by atoms with Crippen LogP contribution in [0.5, 0.6) is 0 Å². The van der Waals surface area contributed by atoms with Gasteiger partial charge in [-0.1, -0.05) is 18.2 Å². The fourth-order valence-corrected chi connectivity index (χ4v) is 4.29. The van der Waals surface area contributed by atoms with Crippen LogP contribution in [0, 0.1) is 13.8 Å². The number of nitrogens with zero attached hydrogens (tertiary/aromatic N) is 4. The van der Waals surface area contributed by atoms with Crippen LogP contribution in [-0.2, 0) is 0 Å². The molecule has 3 aromatic rings. The maximum atomic E-state index is 13.1. The lowest BCUT2D eigenvalue weighted by Crippen LogP contribution is -2.48. The number of aryl methyl sites for hydroxylation is 1. The fraction of sp³-hybridized carbons (Fsp3) is 0.300. The van der Waals surface area contributed by atoms with E-state index in [0.29, 0.717) is 0 Å². The van der Waals surface area contributed by atoms with Crippen LogP contribution >= 0.6 is 11.3 Å². The summed E-state index contributed by atoms with van der Waals surface area (Å²) in [5, 5.41) is 3.03. The number of piperazine rings is 1. The number of anilines is 1. The Morgan fingerprint density at radius 3 is 2.46 bits per heavy atom. The molecule has 3 heterocycles. The first-order chi connectivity index (χ1) is 12.6. The minimum Gasteiger partial charge on any atom is -0.345 e. The zero-order valence-electron chi connectivity index (χ0n) is 15.1. The molecule has 0 N–H and O–H groups in total. The van der Waals surface area contributed by atoms with Crippen LogP contribution in [0.25, 0.3) is 5.69 Å². The molecule has 0 saturated carbocycles. The predicted molar refractivity (Wildman–Crippen MR) is 105 cm³/mol. The Hall–Kier alpha value is -2.60. The van der Waals surface area contributed by atoms with E-state index in [-0.39, 0.29) is 5.91 Å². The first kappa shape index (κ1) is 16.8. The molecule has 0 bridgehead atoms. The number of para-hydroxylation sites is 1. The van der Waals surface area contributed by atoms with Gasteiger partial charge in [-0.3, -0.25) is 4.79 Å². The van der Waals surface area contributed by atoms with Crippen molar-refractivity contribution in [1.82, 2.24) is 14.5 Å². The van der Waals surface area contributed by atoms with Gasteiger partial charge in [-0.2, -0.15) is 0 Å². The predicted octanol–water partition coefficient (Wildman–Crippen LogP) is 3.51. The largest absolute Gasteiger partial charge is 0.345 e. The Labute approximate surface area is 157 Å². The van der Waals surface area contributed by atoms with E-state index in [0.717, 1.165) is 53.9 Å². The molecule has 0 spiro atoms. The lowest BCUT2D eigenvalue weighted by Gasteiger charge is -2.34. The van der Waals surface area contributed by atoms with E-state index in [1.807, 2.05) is 47.7 Å². The lowest BCUT2D eigenvalue weighted by molar-refractivity contribution is 0.0746. The number of carbonyl (C=O) groups excluding carboxylic acids is 1. The summed E-state index contributed by atoms with van der Waals surface area (Å²) < 4.78 is 2.15. The van der Waals surface area contributed by atoms with Crippen molar-refractivity contribution in [2.75, 3.05) is 31.1 Å². The second kappa shape index (κ2) is 6.96. The van der Waals surface area contributed by atoms with Crippen molar-refractivity contribution in [3.05, 3.63) is 64.9 Å². The maximum Gasteiger partial charge on any atom is 0.255 e. The molecule has 4 rings (SSSR count). The molecular formula is C20H22N4OS. The van der Waals surface area contributed by atoms with E-state index in [2.05, 4.69) is 33.5 Å². The molecule has 26 heavy (non-hydrogen) atoms. The Morgan fingerprint density at radius 2 is 1.81 bits per heavy atom. The lowest BCUT2D eigenvalue weighted by atomic mass is 10.2. The molecule has 1 aliphatic heterocycles. The normalized spacial score (nSPS) is 14.7. The van der Waals surface area contributed by atoms with Crippen LogP contribution in [0.4, 0.5) is 5.13 Å². The SMILES string of the molecule is Cc1cc(C(=O)N2CCN(c3nccs3)CC2)c(C)n1-c1ccccc1. The average molecular weight is 366 g/mol. The number of aromatic nitrogens is 2. The summed E-state index contributed by atoms with van der Waals surface area (Å²) in [4.78, 5) is 21.7. The van der Waals surface area contributed by atoms with E-state index >= 15 is 0 Å². The van der Waals surface area contributed by atoms with E-state index in [1.54, 1.807) is 11.3 Å². The monoisotopic (exact) mass is 366 g/mol. The van der Waals surface area contributed by atoms with Gasteiger partial charge in [-0.05, 0) is 32.0 Å². The first-order valence-electron chi connectivity index (χ1n) is 8.83. The summed E-state index contributed by atoms with van der Waals surface area (Å²) in [6.45, 7) is 7.20. The van der Waals surface area contributed by atoms with Gasteiger partial charge >= 0.3 is 0 Å². The van der Waals surface area contributed by atoms with Gasteiger partial charge in [0.2, 0.25) is 0 Å². The van der Waals surface area contributed by atoms with Crippen molar-refractivity contribution in [2.45, 2.75) is 13.8 Å². The molecule has 2 aromatic heterocycles. The van der Waals surface area contributed by atoms with Crippen molar-refractivity contribution in [1.29, 1.82) is 0 Å². The average Bonchev–Trinajstić information content (AvgIpc) is 3.30. The van der Waals surface area contributed by atoms with Crippen molar-refractivity contribution >= 4 is 22.4 Å². The van der Waals surface area contributed by atoms with Gasteiger partial charge in [0.15, 0.2) is 5.13 Å². The molecule has 5 nitrogen and oxygen atoms in total. The molecule has 1 saturated heterocycles. The Kier molecular flexibility index (Phi) is 4.51. The minimum absolute atomic E-state index is 0.124. The van der Waals surface area contributed by atoms with E-state index in [1.165, 1.54) is 0 Å². The number of rotatable bonds is 3. The quantitative estimate of drug-likeness (QED) is 0.712. The van der Waals surface area contributed by atoms with Crippen molar-refractivity contribution in [2.24, 2.45) is 0 Å². The van der Waals surface area contributed by atoms with Gasteiger partial charge in [0.1, 0.15) is 0 Å². The highest BCUT2D eigenvalue weighted by atomic mass is 32.1. The minimum atomic E-state index is 0.124. The van der Waals surface area contributed by atoms with Gasteiger partial charge < -0.3 is 14.4 Å². The molecule has 1 fully saturated rings. The van der Waals surface area contributed by atoms with Crippen LogP contribution in [0.15, 0.2) is 48.0 Å². The van der Waals surface area contributed by atoms with Crippen LogP contribution in [0.3, 0.4) is 0 Å². The summed E-state index contributed by atoms with van der Waals surface area (Å²) in [6.07, 6.45) is 1.83. The molecular weight excluding hydrogens is 344 g/mol. The third-order valence-electron chi connectivity index (χ3n) is 4.93. The first-order valence-corrected chi connectivity index (χ1v) is 9.71. The van der Waals surface area contributed by atoms with Crippen molar-refractivity contribution in [3.63, 3.8) is 0 Å². The van der Waals surface area contributed by atoms with Gasteiger partial charge in [0, 0.05) is 54.8 Å². The number of hydrogen-bond acceptors (Lipinski definition) is 4. The van der Waals surface area contributed by atoms with Crippen molar-refractivity contribution < 1.29 is 4.79 Å². The molecule has 1 amide bonds. The Balaban J connectivity index is 1.53. The summed E-state index contributed by atoms with van der Waals surface area (Å²) >= 11 is 1.65. The number of benzene rings is 1. The third kappa shape index (κ3) is 3.01. The second-order valence-electron chi connectivity index (χ2n) is 6.55. The highest BCUT2D eigenvalue weighted by Crippen LogP contribution is 2.24. The van der Waals surface area contributed by atoms with E-state index < -0.39 is 0 Å². The number of carbonyl (C=O) groups is 1. The summed E-state index contributed by atoms with van der Waals surface area (Å²) in [5.74, 6) is 0.124. The smallest absolute Gasteiger partial charge is 0.255 e. The van der Waals surface area contributed by atoms with Crippen LogP contribution in [0.1, 0.15) is 21.7 Å². The molecule has 1 aromatic carbocycles. The van der Waals surface area contributed by atoms with E-state index in [9.17, 15) is 4.79 Å². The Bertz CT molecular complexity index is 894. The second-order valence-corrected chi connectivity index (χ2v) is 7.42. The highest BCUT2D eigenvalue weighted by molar-refractivity contribution is 7.13. The van der Waals surface area contributed by atoms with E-state index in [4.69, 9.17) is 0 Å². The zero-order valence-corrected chi connectivity index (χ0v) is 15.9. The molecule has 0 aliphatic carbocycles. The topological polar surface area (TPSA) is 41.4 Å². The van der Waals surface area contributed by atoms with Gasteiger partial charge in [0.25, 0.3) is 5.91 Å². The molecule has 1 aliphatic rings. The van der Waals surface area contributed by atoms with Crippen LogP contribution < -0.4 is 4.90 Å². The standard InChI is InChI=1S/C20H22N4OS/c1-15-14-18(16(2)24(15)17-6-4-3-5-7-17)19(25)22-9-11-23(12-10-22)20-21-8-13-26-20/h3-8,13-14H,9-12H2,1-2H3. The molecule has 0 atom stereocenters. The van der Waals surface area contributed by atoms with Gasteiger partial charge in [0.05, 0.1) is 5.56 Å². The zero-order chi connectivity index (χ0) is 18.1.